The van der Waals surface area contributed by atoms with Crippen LogP contribution in [0.2, 0.25) is 5.02 Å². The molecule has 0 spiro atoms. The molecule has 0 aliphatic carbocycles. The Hall–Kier alpha value is -1.46. The number of thioether (sulfide) groups is 1. The molecule has 0 atom stereocenters. The van der Waals surface area contributed by atoms with E-state index in [0.717, 1.165) is 0 Å². The Morgan fingerprint density at radius 1 is 1.32 bits per heavy atom. The number of carbonyl (C=O) groups is 1. The fraction of sp³-hybridized carbons (Fsp3) is 0.154. The van der Waals surface area contributed by atoms with Gasteiger partial charge >= 0.3 is 5.97 Å². The molecule has 1 heterocycles. The minimum Gasteiger partial charge on any atom is -0.475 e. The van der Waals surface area contributed by atoms with Gasteiger partial charge in [-0.3, -0.25) is 0 Å². The monoisotopic (exact) mass is 300 g/mol. The maximum atomic E-state index is 13.5. The van der Waals surface area contributed by atoms with E-state index in [4.69, 9.17) is 21.1 Å². The Labute approximate surface area is 118 Å². The molecule has 0 amide bonds. The number of furan rings is 1. The summed E-state index contributed by atoms with van der Waals surface area (Å²) in [6.45, 7) is 0. The first-order valence-corrected chi connectivity index (χ1v) is 6.94. The van der Waals surface area contributed by atoms with E-state index in [-0.39, 0.29) is 11.6 Å². The maximum absolute atomic E-state index is 13.5. The number of carboxylic acid groups (broad SMARTS) is 1. The third-order valence-electron chi connectivity index (χ3n) is 2.42. The van der Waals surface area contributed by atoms with E-state index in [1.807, 2.05) is 0 Å². The van der Waals surface area contributed by atoms with Crippen molar-refractivity contribution in [3.63, 3.8) is 0 Å². The molecular weight excluding hydrogens is 291 g/mol. The second-order valence-electron chi connectivity index (χ2n) is 3.76. The summed E-state index contributed by atoms with van der Waals surface area (Å²) in [5.74, 6) is -0.152. The summed E-state index contributed by atoms with van der Waals surface area (Å²) in [5.41, 5.74) is 0.444. The summed E-state index contributed by atoms with van der Waals surface area (Å²) >= 11 is 7.30. The maximum Gasteiger partial charge on any atom is 0.371 e. The predicted octanol–water partition coefficient (Wildman–Crippen LogP) is 4.20. The van der Waals surface area contributed by atoms with Crippen molar-refractivity contribution in [3.05, 3.63) is 58.3 Å². The molecule has 2 rings (SSSR count). The average Bonchev–Trinajstić information content (AvgIpc) is 2.82. The molecule has 1 N–H and O–H groups in total. The Morgan fingerprint density at radius 2 is 2.11 bits per heavy atom. The van der Waals surface area contributed by atoms with Gasteiger partial charge in [0.25, 0.3) is 0 Å². The standard InChI is InChI=1S/C13H10ClFO3S/c14-10-2-1-3-11(15)9(10)7-19-6-8-4-5-12(18-8)13(16)17/h1-5H,6-7H2,(H,16,17). The summed E-state index contributed by atoms with van der Waals surface area (Å²) in [5, 5.41) is 9.09. The predicted molar refractivity (Wildman–Crippen MR) is 72.1 cm³/mol. The van der Waals surface area contributed by atoms with Gasteiger partial charge in [0.1, 0.15) is 11.6 Å². The number of aromatic carboxylic acids is 1. The van der Waals surface area contributed by atoms with Crippen LogP contribution in [-0.4, -0.2) is 11.1 Å². The zero-order chi connectivity index (χ0) is 13.8. The van der Waals surface area contributed by atoms with Gasteiger partial charge in [-0.25, -0.2) is 9.18 Å². The van der Waals surface area contributed by atoms with Crippen molar-refractivity contribution in [2.75, 3.05) is 0 Å². The number of benzene rings is 1. The van der Waals surface area contributed by atoms with E-state index in [2.05, 4.69) is 0 Å². The lowest BCUT2D eigenvalue weighted by Gasteiger charge is -2.04. The van der Waals surface area contributed by atoms with Gasteiger partial charge < -0.3 is 9.52 Å². The van der Waals surface area contributed by atoms with Gasteiger partial charge in [0, 0.05) is 16.3 Å². The second-order valence-corrected chi connectivity index (χ2v) is 5.16. The lowest BCUT2D eigenvalue weighted by molar-refractivity contribution is 0.0661. The smallest absolute Gasteiger partial charge is 0.371 e. The molecule has 0 bridgehead atoms. The van der Waals surface area contributed by atoms with E-state index in [1.165, 1.54) is 23.9 Å². The molecule has 1 aromatic heterocycles. The third-order valence-corrected chi connectivity index (χ3v) is 3.76. The lowest BCUT2D eigenvalue weighted by atomic mass is 10.2. The molecule has 19 heavy (non-hydrogen) atoms. The van der Waals surface area contributed by atoms with Crippen LogP contribution in [-0.2, 0) is 11.5 Å². The Bertz CT molecular complexity index is 577. The zero-order valence-corrected chi connectivity index (χ0v) is 11.3. The third kappa shape index (κ3) is 3.52. The van der Waals surface area contributed by atoms with Crippen molar-refractivity contribution < 1.29 is 18.7 Å². The van der Waals surface area contributed by atoms with E-state index in [9.17, 15) is 9.18 Å². The van der Waals surface area contributed by atoms with Crippen LogP contribution in [0, 0.1) is 5.82 Å². The molecule has 0 aliphatic rings. The summed E-state index contributed by atoms with van der Waals surface area (Å²) in [7, 11) is 0. The number of halogens is 2. The SMILES string of the molecule is O=C(O)c1ccc(CSCc2c(F)cccc2Cl)o1. The highest BCUT2D eigenvalue weighted by molar-refractivity contribution is 7.97. The fourth-order valence-corrected chi connectivity index (χ4v) is 2.76. The topological polar surface area (TPSA) is 50.4 Å². The number of hydrogen-bond acceptors (Lipinski definition) is 3. The molecule has 0 saturated carbocycles. The van der Waals surface area contributed by atoms with Crippen LogP contribution in [0.4, 0.5) is 4.39 Å². The van der Waals surface area contributed by atoms with Crippen LogP contribution in [0.25, 0.3) is 0 Å². The van der Waals surface area contributed by atoms with Crippen molar-refractivity contribution in [1.82, 2.24) is 0 Å². The highest BCUT2D eigenvalue weighted by atomic mass is 35.5. The quantitative estimate of drug-likeness (QED) is 0.899. The van der Waals surface area contributed by atoms with Crippen LogP contribution in [0.15, 0.2) is 34.7 Å². The molecule has 0 aliphatic heterocycles. The van der Waals surface area contributed by atoms with Gasteiger partial charge in [0.2, 0.25) is 5.76 Å². The normalized spacial score (nSPS) is 10.6. The van der Waals surface area contributed by atoms with E-state index in [1.54, 1.807) is 18.2 Å². The highest BCUT2D eigenvalue weighted by Gasteiger charge is 2.10. The van der Waals surface area contributed by atoms with Crippen LogP contribution >= 0.6 is 23.4 Å². The second kappa shape index (κ2) is 6.12. The summed E-state index contributed by atoms with van der Waals surface area (Å²) < 4.78 is 18.6. The first-order chi connectivity index (χ1) is 9.08. The lowest BCUT2D eigenvalue weighted by Crippen LogP contribution is -1.92. The number of hydrogen-bond donors (Lipinski definition) is 1. The fourth-order valence-electron chi connectivity index (χ4n) is 1.49. The zero-order valence-electron chi connectivity index (χ0n) is 9.73. The number of rotatable bonds is 5. The molecule has 0 fully saturated rings. The van der Waals surface area contributed by atoms with Crippen molar-refractivity contribution in [2.45, 2.75) is 11.5 Å². The van der Waals surface area contributed by atoms with Crippen molar-refractivity contribution >= 4 is 29.3 Å². The number of carboxylic acids is 1. The van der Waals surface area contributed by atoms with Crippen LogP contribution < -0.4 is 0 Å². The summed E-state index contributed by atoms with van der Waals surface area (Å²) in [6, 6.07) is 7.54. The first kappa shape index (κ1) is 14.0. The molecule has 0 saturated heterocycles. The molecule has 6 heteroatoms. The van der Waals surface area contributed by atoms with Gasteiger partial charge in [-0.05, 0) is 24.3 Å². The van der Waals surface area contributed by atoms with Crippen molar-refractivity contribution in [3.8, 4) is 0 Å². The van der Waals surface area contributed by atoms with E-state index >= 15 is 0 Å². The van der Waals surface area contributed by atoms with Gasteiger partial charge in [0.15, 0.2) is 0 Å². The Morgan fingerprint density at radius 3 is 2.74 bits per heavy atom. The van der Waals surface area contributed by atoms with Gasteiger partial charge in [-0.1, -0.05) is 17.7 Å². The van der Waals surface area contributed by atoms with Gasteiger partial charge in [-0.2, -0.15) is 0 Å². The molecule has 2 aromatic rings. The largest absolute Gasteiger partial charge is 0.475 e. The minimum absolute atomic E-state index is 0.0977. The van der Waals surface area contributed by atoms with Crippen molar-refractivity contribution in [1.29, 1.82) is 0 Å². The van der Waals surface area contributed by atoms with Crippen molar-refractivity contribution in [2.24, 2.45) is 0 Å². The first-order valence-electron chi connectivity index (χ1n) is 5.40. The molecule has 0 radical (unpaired) electrons. The Balaban J connectivity index is 1.94. The average molecular weight is 301 g/mol. The Kier molecular flexibility index (Phi) is 4.50. The van der Waals surface area contributed by atoms with Gasteiger partial charge in [0.05, 0.1) is 5.75 Å². The summed E-state index contributed by atoms with van der Waals surface area (Å²) in [4.78, 5) is 10.6. The summed E-state index contributed by atoms with van der Waals surface area (Å²) in [6.07, 6.45) is 0. The van der Waals surface area contributed by atoms with Crippen LogP contribution in [0.1, 0.15) is 21.9 Å². The van der Waals surface area contributed by atoms with Gasteiger partial charge in [-0.15, -0.1) is 11.8 Å². The highest BCUT2D eigenvalue weighted by Crippen LogP contribution is 2.26. The van der Waals surface area contributed by atoms with E-state index < -0.39 is 5.97 Å². The molecular formula is C13H10ClFO3S. The minimum atomic E-state index is -1.10. The van der Waals surface area contributed by atoms with Crippen LogP contribution in [0.3, 0.4) is 0 Å². The molecule has 1 aromatic carbocycles. The van der Waals surface area contributed by atoms with Crippen LogP contribution in [0.5, 0.6) is 0 Å². The molecule has 0 unspecified atom stereocenters. The molecule has 3 nitrogen and oxygen atoms in total. The molecule has 100 valence electrons. The van der Waals surface area contributed by atoms with E-state index in [0.29, 0.717) is 27.9 Å².